The summed E-state index contributed by atoms with van der Waals surface area (Å²) in [6, 6.07) is 6.62. The van der Waals surface area contributed by atoms with E-state index in [1.54, 1.807) is 31.2 Å². The van der Waals surface area contributed by atoms with Crippen molar-refractivity contribution in [1.29, 1.82) is 0 Å². The van der Waals surface area contributed by atoms with Gasteiger partial charge < -0.3 is 0 Å². The lowest BCUT2D eigenvalue weighted by Gasteiger charge is -2.04. The Morgan fingerprint density at radius 1 is 1.18 bits per heavy atom. The van der Waals surface area contributed by atoms with Crippen LogP contribution in [0.15, 0.2) is 29.2 Å². The van der Waals surface area contributed by atoms with Gasteiger partial charge in [0.2, 0.25) is 5.13 Å². The van der Waals surface area contributed by atoms with Crippen LogP contribution in [0.2, 0.25) is 0 Å². The fraction of sp³-hybridized carbons (Fsp3) is 0.200. The Bertz CT molecular complexity index is 617. The normalized spacial score (nSPS) is 11.4. The van der Waals surface area contributed by atoms with Crippen molar-refractivity contribution in [3.63, 3.8) is 0 Å². The van der Waals surface area contributed by atoms with Crippen LogP contribution < -0.4 is 4.72 Å². The van der Waals surface area contributed by atoms with Gasteiger partial charge in [-0.25, -0.2) is 13.4 Å². The summed E-state index contributed by atoms with van der Waals surface area (Å²) in [6.45, 7) is 3.61. The summed E-state index contributed by atoms with van der Waals surface area (Å²) < 4.78 is 30.2. The van der Waals surface area contributed by atoms with Crippen molar-refractivity contribution in [2.45, 2.75) is 18.7 Å². The highest BCUT2D eigenvalue weighted by Gasteiger charge is 2.15. The zero-order valence-electron chi connectivity index (χ0n) is 9.34. The molecule has 0 fully saturated rings. The second kappa shape index (κ2) is 4.42. The summed E-state index contributed by atoms with van der Waals surface area (Å²) in [4.78, 5) is 4.17. The summed E-state index contributed by atoms with van der Waals surface area (Å²) in [7, 11) is -3.56. The van der Waals surface area contributed by atoms with Crippen molar-refractivity contribution in [3.05, 3.63) is 35.7 Å². The predicted molar refractivity (Wildman–Crippen MR) is 66.6 cm³/mol. The van der Waals surface area contributed by atoms with Crippen LogP contribution in [0.4, 0.5) is 5.13 Å². The molecule has 0 aliphatic carbocycles. The lowest BCUT2D eigenvalue weighted by molar-refractivity contribution is 0.601. The standard InChI is InChI=1S/C10H11N3O2S2/c1-7-3-5-9(6-4-7)17(14,15)13-10-11-8(2)12-16-10/h3-6H,1-2H3,(H,11,12,13). The second-order valence-corrected chi connectivity index (χ2v) is 6.00. The average molecular weight is 269 g/mol. The number of rotatable bonds is 3. The third-order valence-corrected chi connectivity index (χ3v) is 4.29. The van der Waals surface area contributed by atoms with Gasteiger partial charge in [-0.05, 0) is 26.0 Å². The van der Waals surface area contributed by atoms with Crippen LogP contribution in [0.25, 0.3) is 0 Å². The highest BCUT2D eigenvalue weighted by atomic mass is 32.2. The molecule has 5 nitrogen and oxygen atoms in total. The smallest absolute Gasteiger partial charge is 0.253 e. The number of anilines is 1. The first-order chi connectivity index (χ1) is 7.97. The fourth-order valence-electron chi connectivity index (χ4n) is 1.23. The Labute approximate surface area is 104 Å². The van der Waals surface area contributed by atoms with E-state index in [0.29, 0.717) is 5.82 Å². The quantitative estimate of drug-likeness (QED) is 0.924. The summed E-state index contributed by atoms with van der Waals surface area (Å²) in [6.07, 6.45) is 0. The average Bonchev–Trinajstić information content (AvgIpc) is 2.63. The maximum absolute atomic E-state index is 11.9. The van der Waals surface area contributed by atoms with Gasteiger partial charge in [-0.15, -0.1) is 0 Å². The van der Waals surface area contributed by atoms with Crippen molar-refractivity contribution in [1.82, 2.24) is 9.36 Å². The molecule has 1 aromatic heterocycles. The van der Waals surface area contributed by atoms with Crippen LogP contribution >= 0.6 is 11.5 Å². The SMILES string of the molecule is Cc1ccc(S(=O)(=O)Nc2nc(C)ns2)cc1. The van der Waals surface area contributed by atoms with Gasteiger partial charge in [0.25, 0.3) is 10.0 Å². The minimum Gasteiger partial charge on any atom is -0.253 e. The van der Waals surface area contributed by atoms with Gasteiger partial charge in [-0.2, -0.15) is 4.37 Å². The topological polar surface area (TPSA) is 72.0 Å². The molecule has 7 heteroatoms. The van der Waals surface area contributed by atoms with E-state index in [9.17, 15) is 8.42 Å². The second-order valence-electron chi connectivity index (χ2n) is 3.57. The van der Waals surface area contributed by atoms with Crippen LogP contribution in [0.5, 0.6) is 0 Å². The van der Waals surface area contributed by atoms with Crippen molar-refractivity contribution in [3.8, 4) is 0 Å². The molecule has 2 aromatic rings. The zero-order valence-corrected chi connectivity index (χ0v) is 11.0. The van der Waals surface area contributed by atoms with E-state index in [4.69, 9.17) is 0 Å². The molecule has 0 spiro atoms. The third-order valence-electron chi connectivity index (χ3n) is 2.08. The molecule has 0 aliphatic rings. The molecule has 0 unspecified atom stereocenters. The third kappa shape index (κ3) is 2.80. The van der Waals surface area contributed by atoms with Crippen molar-refractivity contribution >= 4 is 26.7 Å². The maximum Gasteiger partial charge on any atom is 0.263 e. The van der Waals surface area contributed by atoms with E-state index < -0.39 is 10.0 Å². The molecule has 17 heavy (non-hydrogen) atoms. The van der Waals surface area contributed by atoms with Crippen LogP contribution in [0.3, 0.4) is 0 Å². The first-order valence-corrected chi connectivity index (χ1v) is 7.13. The number of hydrogen-bond donors (Lipinski definition) is 1. The molecule has 1 aromatic carbocycles. The highest BCUT2D eigenvalue weighted by molar-refractivity contribution is 7.93. The number of aryl methyl sites for hydroxylation is 2. The molecule has 2 rings (SSSR count). The molecule has 0 atom stereocenters. The molecule has 90 valence electrons. The molecule has 0 amide bonds. The number of benzene rings is 1. The van der Waals surface area contributed by atoms with E-state index in [1.165, 1.54) is 0 Å². The molecule has 0 bridgehead atoms. The van der Waals surface area contributed by atoms with Crippen LogP contribution in [-0.2, 0) is 10.0 Å². The molecular formula is C10H11N3O2S2. The number of nitrogens with one attached hydrogen (secondary N) is 1. The van der Waals surface area contributed by atoms with Crippen LogP contribution in [0, 0.1) is 13.8 Å². The van der Waals surface area contributed by atoms with Crippen molar-refractivity contribution in [2.75, 3.05) is 4.72 Å². The van der Waals surface area contributed by atoms with Gasteiger partial charge in [0.1, 0.15) is 5.82 Å². The van der Waals surface area contributed by atoms with Gasteiger partial charge in [0.15, 0.2) is 0 Å². The summed E-state index contributed by atoms with van der Waals surface area (Å²) in [5, 5.41) is 0.281. The first-order valence-electron chi connectivity index (χ1n) is 4.87. The Balaban J connectivity index is 2.28. The van der Waals surface area contributed by atoms with Crippen LogP contribution in [-0.4, -0.2) is 17.8 Å². The van der Waals surface area contributed by atoms with Crippen molar-refractivity contribution < 1.29 is 8.42 Å². The molecule has 1 heterocycles. The summed E-state index contributed by atoms with van der Waals surface area (Å²) >= 11 is 1.02. The number of aromatic nitrogens is 2. The Hall–Kier alpha value is -1.47. The van der Waals surface area contributed by atoms with Crippen molar-refractivity contribution in [2.24, 2.45) is 0 Å². The minimum absolute atomic E-state index is 0.218. The van der Waals surface area contributed by atoms with E-state index in [2.05, 4.69) is 14.1 Å². The maximum atomic E-state index is 11.9. The lowest BCUT2D eigenvalue weighted by Crippen LogP contribution is -2.12. The number of nitrogens with zero attached hydrogens (tertiary/aromatic N) is 2. The first kappa shape index (κ1) is 12.0. The molecule has 0 saturated heterocycles. The van der Waals surface area contributed by atoms with Gasteiger partial charge >= 0.3 is 0 Å². The summed E-state index contributed by atoms with van der Waals surface area (Å²) in [5.74, 6) is 0.552. The van der Waals surface area contributed by atoms with E-state index in [1.807, 2.05) is 6.92 Å². The Morgan fingerprint density at radius 3 is 2.35 bits per heavy atom. The van der Waals surface area contributed by atoms with E-state index >= 15 is 0 Å². The zero-order chi connectivity index (χ0) is 12.5. The van der Waals surface area contributed by atoms with Gasteiger partial charge in [0, 0.05) is 11.5 Å². The molecule has 0 radical (unpaired) electrons. The lowest BCUT2D eigenvalue weighted by atomic mass is 10.2. The minimum atomic E-state index is -3.56. The Kier molecular flexibility index (Phi) is 3.12. The predicted octanol–water partition coefficient (Wildman–Crippen LogP) is 1.96. The monoisotopic (exact) mass is 269 g/mol. The van der Waals surface area contributed by atoms with E-state index in [0.717, 1.165) is 17.1 Å². The fourth-order valence-corrected chi connectivity index (χ4v) is 3.03. The number of hydrogen-bond acceptors (Lipinski definition) is 5. The molecular weight excluding hydrogens is 258 g/mol. The highest BCUT2D eigenvalue weighted by Crippen LogP contribution is 2.17. The van der Waals surface area contributed by atoms with Crippen LogP contribution in [0.1, 0.15) is 11.4 Å². The van der Waals surface area contributed by atoms with Gasteiger partial charge in [-0.1, -0.05) is 17.7 Å². The number of sulfonamides is 1. The molecule has 0 saturated carbocycles. The van der Waals surface area contributed by atoms with Gasteiger partial charge in [0.05, 0.1) is 4.90 Å². The van der Waals surface area contributed by atoms with Gasteiger partial charge in [-0.3, -0.25) is 4.72 Å². The van der Waals surface area contributed by atoms with E-state index in [-0.39, 0.29) is 10.0 Å². The Morgan fingerprint density at radius 2 is 1.82 bits per heavy atom. The summed E-state index contributed by atoms with van der Waals surface area (Å²) in [5.41, 5.74) is 1.01. The largest absolute Gasteiger partial charge is 0.263 e. The molecule has 1 N–H and O–H groups in total. The molecule has 0 aliphatic heterocycles.